The van der Waals surface area contributed by atoms with Crippen LogP contribution in [0.4, 0.5) is 0 Å². The Kier molecular flexibility index (Phi) is 18.5. The zero-order chi connectivity index (χ0) is 53.9. The molecule has 0 amide bonds. The van der Waals surface area contributed by atoms with Crippen LogP contribution < -0.4 is 0 Å². The van der Waals surface area contributed by atoms with Crippen LogP contribution in [0.5, 0.6) is 0 Å². The van der Waals surface area contributed by atoms with E-state index < -0.39 is 166 Å². The summed E-state index contributed by atoms with van der Waals surface area (Å²) in [4.78, 5) is 28.0. The molecule has 7 fully saturated rings. The van der Waals surface area contributed by atoms with Crippen LogP contribution in [0.3, 0.4) is 0 Å². The number of ether oxygens (including phenoxy) is 8. The third-order valence-corrected chi connectivity index (χ3v) is 18.4. The quantitative estimate of drug-likeness (QED) is 0.0617. The lowest BCUT2D eigenvalue weighted by Gasteiger charge is -2.58. The molecule has 4 heterocycles. The first-order chi connectivity index (χ1) is 35.0. The topological polar surface area (TPSA) is 391 Å². The van der Waals surface area contributed by atoms with Crippen LogP contribution >= 0.6 is 0 Å². The zero-order valence-corrected chi connectivity index (χ0v) is 42.2. The lowest BCUT2D eigenvalue weighted by Crippen LogP contribution is -2.67. The number of aliphatic hydroxyl groups is 14. The van der Waals surface area contributed by atoms with Gasteiger partial charge in [0.2, 0.25) is 0 Å². The van der Waals surface area contributed by atoms with E-state index in [4.69, 9.17) is 37.9 Å². The van der Waals surface area contributed by atoms with Gasteiger partial charge in [0.1, 0.15) is 103 Å². The van der Waals surface area contributed by atoms with Crippen molar-refractivity contribution in [3.8, 4) is 0 Å². The lowest BCUT2D eigenvalue weighted by atomic mass is 9.47. The van der Waals surface area contributed by atoms with Gasteiger partial charge in [-0.25, -0.2) is 0 Å². The van der Waals surface area contributed by atoms with Crippen molar-refractivity contribution in [1.29, 1.82) is 0 Å². The predicted molar refractivity (Wildman–Crippen MR) is 247 cm³/mol. The van der Waals surface area contributed by atoms with Crippen LogP contribution in [0.1, 0.15) is 85.5 Å². The van der Waals surface area contributed by atoms with Gasteiger partial charge >= 0.3 is 0 Å². The molecule has 8 aliphatic rings. The fourth-order valence-corrected chi connectivity index (χ4v) is 13.9. The fourth-order valence-electron chi connectivity index (χ4n) is 13.9. The molecule has 0 aromatic rings. The number of hydrogen-bond acceptors (Lipinski definition) is 24. The van der Waals surface area contributed by atoms with Crippen molar-refractivity contribution in [2.24, 2.45) is 46.3 Å². The van der Waals surface area contributed by atoms with E-state index in [0.29, 0.717) is 38.5 Å². The highest BCUT2D eigenvalue weighted by Crippen LogP contribution is 2.66. The monoisotopic (exact) mass is 1060 g/mol. The molecule has 0 aromatic carbocycles. The highest BCUT2D eigenvalue weighted by Gasteiger charge is 2.63. The van der Waals surface area contributed by atoms with Gasteiger partial charge in [0.05, 0.1) is 32.5 Å². The SMILES string of the molecule is C[C@@H](CCC(=O)[C@@H](C)[C@@H]1C(=O)C[C@H]2[C@@H]3CC=C4CC(O[C@@H]5O[C@H](CO)[C@@H](O[C@H]6O[C@H](CO)[C@@H](O)[C@H](O)[C@H]6O)[C@H](O)[C@H]5O[C@H]5O[C@@H](O)[C@H](O)[C@@H](O)[C@H]5O)CC[C@]4(C)[C@H]3CC[C@@]21C)CO[C@@H]1O[C@H](CO)[C@@H](O)[C@H](O)[C@H]1O. The summed E-state index contributed by atoms with van der Waals surface area (Å²) in [5.74, 6) is -0.644. The molecule has 0 aromatic heterocycles. The second-order valence-electron chi connectivity index (χ2n) is 22.9. The van der Waals surface area contributed by atoms with E-state index >= 15 is 0 Å². The molecule has 1 unspecified atom stereocenters. The molecule has 8 rings (SSSR count). The van der Waals surface area contributed by atoms with E-state index in [-0.39, 0.29) is 53.7 Å². The van der Waals surface area contributed by atoms with E-state index in [0.717, 1.165) is 18.4 Å². The Balaban J connectivity index is 0.919. The normalized spacial score (nSPS) is 50.5. The number of rotatable bonds is 17. The summed E-state index contributed by atoms with van der Waals surface area (Å²) in [7, 11) is 0. The molecule has 4 aliphatic heterocycles. The van der Waals surface area contributed by atoms with Gasteiger partial charge < -0.3 is 109 Å². The Morgan fingerprint density at radius 2 is 1.20 bits per heavy atom. The number of Topliss-reactive ketones (excluding diaryl/α,β-unsaturated/α-hetero) is 2. The maximum atomic E-state index is 14.1. The molecule has 3 saturated carbocycles. The van der Waals surface area contributed by atoms with Crippen molar-refractivity contribution in [1.82, 2.24) is 0 Å². The van der Waals surface area contributed by atoms with Gasteiger partial charge in [0.25, 0.3) is 0 Å². The lowest BCUT2D eigenvalue weighted by molar-refractivity contribution is -0.400. The van der Waals surface area contributed by atoms with E-state index in [1.54, 1.807) is 0 Å². The molecule has 0 bridgehead atoms. The van der Waals surface area contributed by atoms with Crippen molar-refractivity contribution in [3.05, 3.63) is 11.6 Å². The highest BCUT2D eigenvalue weighted by molar-refractivity contribution is 5.92. The average Bonchev–Trinajstić information content (AvgIpc) is 3.66. The molecule has 74 heavy (non-hydrogen) atoms. The van der Waals surface area contributed by atoms with Crippen molar-refractivity contribution >= 4 is 11.6 Å². The molecule has 29 atom stereocenters. The highest BCUT2D eigenvalue weighted by atomic mass is 16.8. The molecule has 24 nitrogen and oxygen atoms in total. The summed E-state index contributed by atoms with van der Waals surface area (Å²) < 4.78 is 46.6. The standard InChI is InChI=1S/C50H80O24/c1-19(18-67-45-38(62)34(58)32(56)28(15-51)69-45)5-8-26(54)20(2)31-27(55)14-25-23-7-6-21-13-22(9-11-49(21,3)24(23)10-12-50(25,31)4)68-48-43(73-47-40(64)36(60)37(61)44(66)74-47)41(65)42(30(17-53)71-48)72-46-39(63)35(59)33(57)29(16-52)70-46/h6,19-20,22-25,28-48,51-53,56-66H,5,7-18H2,1-4H3/t19-,20+,22?,23+,24-,25-,28+,29+,30+,31+,32+,33+,34-,35-,36+,37+,38+,39+,40+,41-,42+,43+,44+,45+,46+,47-,48+,49-,50-/m0/s1. The van der Waals surface area contributed by atoms with Crippen LogP contribution in [0.25, 0.3) is 0 Å². The van der Waals surface area contributed by atoms with Gasteiger partial charge in [0.15, 0.2) is 31.5 Å². The van der Waals surface area contributed by atoms with E-state index in [1.807, 2.05) is 13.8 Å². The first-order valence-electron chi connectivity index (χ1n) is 26.2. The van der Waals surface area contributed by atoms with Gasteiger partial charge in [0, 0.05) is 24.7 Å². The average molecular weight is 1070 g/mol. The number of carbonyl (C=O) groups is 2. The maximum Gasteiger partial charge on any atom is 0.189 e. The third-order valence-electron chi connectivity index (χ3n) is 18.4. The van der Waals surface area contributed by atoms with Gasteiger partial charge in [-0.15, -0.1) is 0 Å². The van der Waals surface area contributed by atoms with Crippen LogP contribution in [0.2, 0.25) is 0 Å². The first-order valence-corrected chi connectivity index (χ1v) is 26.2. The van der Waals surface area contributed by atoms with E-state index in [2.05, 4.69) is 19.9 Å². The van der Waals surface area contributed by atoms with Crippen LogP contribution in [-0.4, -0.2) is 239 Å². The van der Waals surface area contributed by atoms with Gasteiger partial charge in [-0.1, -0.05) is 39.3 Å². The summed E-state index contributed by atoms with van der Waals surface area (Å²) >= 11 is 0. The second-order valence-corrected chi connectivity index (χ2v) is 22.9. The van der Waals surface area contributed by atoms with Crippen LogP contribution in [-0.2, 0) is 47.5 Å². The Morgan fingerprint density at radius 1 is 0.635 bits per heavy atom. The number of hydrogen-bond donors (Lipinski definition) is 14. The van der Waals surface area contributed by atoms with Crippen molar-refractivity contribution < 1.29 is 119 Å². The van der Waals surface area contributed by atoms with Gasteiger partial charge in [-0.05, 0) is 79.4 Å². The maximum absolute atomic E-state index is 14.1. The Bertz CT molecular complexity index is 1940. The zero-order valence-electron chi connectivity index (χ0n) is 42.2. The summed E-state index contributed by atoms with van der Waals surface area (Å²) in [5.41, 5.74) is 0.443. The number of carbonyl (C=O) groups excluding carboxylic acids is 2. The number of ketones is 2. The number of fused-ring (bicyclic) bond motifs is 5. The molecule has 14 N–H and O–H groups in total. The summed E-state index contributed by atoms with van der Waals surface area (Å²) in [6, 6.07) is 0. The number of allylic oxidation sites excluding steroid dienone is 1. The Hall–Kier alpha value is -1.80. The Morgan fingerprint density at radius 3 is 1.84 bits per heavy atom. The molecule has 4 aliphatic carbocycles. The minimum Gasteiger partial charge on any atom is -0.394 e. The molecular weight excluding hydrogens is 985 g/mol. The van der Waals surface area contributed by atoms with Crippen LogP contribution in [0, 0.1) is 46.3 Å². The van der Waals surface area contributed by atoms with Crippen LogP contribution in [0.15, 0.2) is 11.6 Å². The first kappa shape index (κ1) is 58.4. The minimum absolute atomic E-state index is 0.0242. The van der Waals surface area contributed by atoms with Gasteiger partial charge in [-0.3, -0.25) is 9.59 Å². The van der Waals surface area contributed by atoms with E-state index in [1.165, 1.54) is 0 Å². The smallest absolute Gasteiger partial charge is 0.189 e. The molecule has 0 spiro atoms. The minimum atomic E-state index is -2.02. The second kappa shape index (κ2) is 23.5. The molecule has 4 saturated heterocycles. The van der Waals surface area contributed by atoms with E-state index in [9.17, 15) is 81.1 Å². The van der Waals surface area contributed by atoms with Crippen molar-refractivity contribution in [2.45, 2.75) is 215 Å². The predicted octanol–water partition coefficient (Wildman–Crippen LogP) is -4.03. The van der Waals surface area contributed by atoms with Crippen molar-refractivity contribution in [2.75, 3.05) is 26.4 Å². The largest absolute Gasteiger partial charge is 0.394 e. The molecule has 0 radical (unpaired) electrons. The molecule has 424 valence electrons. The van der Waals surface area contributed by atoms with Crippen molar-refractivity contribution in [3.63, 3.8) is 0 Å². The third kappa shape index (κ3) is 11.0. The molecule has 24 heteroatoms. The summed E-state index contributed by atoms with van der Waals surface area (Å²) in [6.07, 6.45) is -27.0. The van der Waals surface area contributed by atoms with Gasteiger partial charge in [-0.2, -0.15) is 0 Å². The Labute approximate surface area is 428 Å². The molecular formula is C50H80O24. The number of aliphatic hydroxyl groups excluding tert-OH is 14. The summed E-state index contributed by atoms with van der Waals surface area (Å²) in [5, 5.41) is 146. The fraction of sp³-hybridized carbons (Fsp3) is 0.920. The summed E-state index contributed by atoms with van der Waals surface area (Å²) in [6.45, 7) is 6.03.